The van der Waals surface area contributed by atoms with E-state index >= 15 is 0 Å². The predicted molar refractivity (Wildman–Crippen MR) is 140 cm³/mol. The van der Waals surface area contributed by atoms with Crippen molar-refractivity contribution in [2.24, 2.45) is 10.2 Å². The summed E-state index contributed by atoms with van der Waals surface area (Å²) in [6.07, 6.45) is 5.54. The molecule has 1 aromatic heterocycles. The van der Waals surface area contributed by atoms with Crippen LogP contribution in [-0.4, -0.2) is 22.8 Å². The van der Waals surface area contributed by atoms with Crippen molar-refractivity contribution in [2.75, 3.05) is 5.01 Å². The van der Waals surface area contributed by atoms with Crippen LogP contribution in [0.5, 0.6) is 0 Å². The van der Waals surface area contributed by atoms with E-state index in [-0.39, 0.29) is 11.9 Å². The summed E-state index contributed by atoms with van der Waals surface area (Å²) in [4.78, 5) is 16.0. The Labute approximate surface area is 208 Å². The van der Waals surface area contributed by atoms with Crippen molar-refractivity contribution >= 4 is 35.1 Å². The lowest BCUT2D eigenvalue weighted by atomic mass is 9.98. The van der Waals surface area contributed by atoms with E-state index in [0.29, 0.717) is 10.6 Å². The molecule has 0 radical (unpaired) electrons. The van der Waals surface area contributed by atoms with E-state index in [1.165, 1.54) is 0 Å². The second-order valence-corrected chi connectivity index (χ2v) is 8.49. The molecule has 1 atom stereocenters. The van der Waals surface area contributed by atoms with Crippen LogP contribution in [0.1, 0.15) is 39.5 Å². The molecule has 1 N–H and O–H groups in total. The lowest BCUT2D eigenvalue weighted by Gasteiger charge is -2.24. The van der Waals surface area contributed by atoms with Crippen molar-refractivity contribution < 1.29 is 4.79 Å². The SMILES string of the molecule is O=C(NN=Cc1ccc(N2N=C(c3ccccc3)CC2c2ccc(Cl)cc2)cc1)c1ccncc1. The molecule has 1 amide bonds. The first-order valence-electron chi connectivity index (χ1n) is 11.2. The average Bonchev–Trinajstić information content (AvgIpc) is 3.36. The minimum Gasteiger partial charge on any atom is -0.267 e. The molecule has 1 aliphatic heterocycles. The Hall–Kier alpha value is -4.29. The van der Waals surface area contributed by atoms with Gasteiger partial charge in [0.05, 0.1) is 23.7 Å². The zero-order valence-electron chi connectivity index (χ0n) is 18.8. The van der Waals surface area contributed by atoms with Crippen LogP contribution in [0, 0.1) is 0 Å². The standard InChI is InChI=1S/C28H22ClN5O/c29-24-10-8-22(9-11-24)27-18-26(21-4-2-1-3-5-21)33-34(27)25-12-6-20(7-13-25)19-31-32-28(35)23-14-16-30-17-15-23/h1-17,19,27H,18H2,(H,32,35). The van der Waals surface area contributed by atoms with Crippen molar-refractivity contribution in [3.05, 3.63) is 131 Å². The highest BCUT2D eigenvalue weighted by molar-refractivity contribution is 6.30. The maximum absolute atomic E-state index is 12.1. The molecule has 2 heterocycles. The third-order valence-electron chi connectivity index (χ3n) is 5.75. The van der Waals surface area contributed by atoms with Gasteiger partial charge in [-0.15, -0.1) is 0 Å². The number of carbonyl (C=O) groups is 1. The van der Waals surface area contributed by atoms with Crippen LogP contribution < -0.4 is 10.4 Å². The first kappa shape index (κ1) is 22.5. The molecule has 1 aliphatic rings. The molecule has 5 rings (SSSR count). The number of aromatic nitrogens is 1. The van der Waals surface area contributed by atoms with Gasteiger partial charge in [0.25, 0.3) is 5.91 Å². The summed E-state index contributed by atoms with van der Waals surface area (Å²) < 4.78 is 0. The Bertz CT molecular complexity index is 1350. The molecule has 35 heavy (non-hydrogen) atoms. The summed E-state index contributed by atoms with van der Waals surface area (Å²) in [5.41, 5.74) is 8.16. The number of pyridine rings is 1. The Morgan fingerprint density at radius 3 is 2.37 bits per heavy atom. The van der Waals surface area contributed by atoms with Gasteiger partial charge in [0.1, 0.15) is 0 Å². The Kier molecular flexibility index (Phi) is 6.63. The molecular weight excluding hydrogens is 458 g/mol. The van der Waals surface area contributed by atoms with E-state index in [2.05, 4.69) is 44.8 Å². The third-order valence-corrected chi connectivity index (χ3v) is 6.00. The zero-order valence-corrected chi connectivity index (χ0v) is 19.5. The van der Waals surface area contributed by atoms with E-state index in [4.69, 9.17) is 16.7 Å². The summed E-state index contributed by atoms with van der Waals surface area (Å²) in [6.45, 7) is 0. The second kappa shape index (κ2) is 10.3. The largest absolute Gasteiger partial charge is 0.271 e. The van der Waals surface area contributed by atoms with E-state index in [1.54, 1.807) is 30.7 Å². The number of hydrogen-bond donors (Lipinski definition) is 1. The first-order valence-corrected chi connectivity index (χ1v) is 11.6. The van der Waals surface area contributed by atoms with Crippen molar-refractivity contribution in [3.8, 4) is 0 Å². The number of hydrogen-bond acceptors (Lipinski definition) is 5. The lowest BCUT2D eigenvalue weighted by Crippen LogP contribution is -2.18. The van der Waals surface area contributed by atoms with Gasteiger partial charge in [0, 0.05) is 29.4 Å². The molecule has 4 aromatic rings. The van der Waals surface area contributed by atoms with E-state index in [9.17, 15) is 4.79 Å². The molecule has 0 saturated heterocycles. The van der Waals surface area contributed by atoms with Gasteiger partial charge in [-0.25, -0.2) is 5.43 Å². The summed E-state index contributed by atoms with van der Waals surface area (Å²) >= 11 is 6.13. The molecule has 0 spiro atoms. The number of anilines is 1. The van der Waals surface area contributed by atoms with Crippen LogP contribution in [0.15, 0.2) is 114 Å². The van der Waals surface area contributed by atoms with Crippen LogP contribution in [0.3, 0.4) is 0 Å². The molecule has 0 fully saturated rings. The minimum absolute atomic E-state index is 0.0571. The molecule has 0 bridgehead atoms. The fraction of sp³-hybridized carbons (Fsp3) is 0.0714. The highest BCUT2D eigenvalue weighted by atomic mass is 35.5. The van der Waals surface area contributed by atoms with Crippen molar-refractivity contribution in [1.29, 1.82) is 0 Å². The quantitative estimate of drug-likeness (QED) is 0.278. The molecule has 3 aromatic carbocycles. The van der Waals surface area contributed by atoms with Gasteiger partial charge < -0.3 is 0 Å². The molecule has 0 saturated carbocycles. The fourth-order valence-corrected chi connectivity index (χ4v) is 4.07. The molecule has 1 unspecified atom stereocenters. The maximum atomic E-state index is 12.1. The highest BCUT2D eigenvalue weighted by Crippen LogP contribution is 2.37. The summed E-state index contributed by atoms with van der Waals surface area (Å²) in [5.74, 6) is -0.286. The van der Waals surface area contributed by atoms with Gasteiger partial charge in [-0.05, 0) is 53.1 Å². The monoisotopic (exact) mass is 479 g/mol. The smallest absolute Gasteiger partial charge is 0.267 e. The van der Waals surface area contributed by atoms with E-state index in [1.807, 2.05) is 54.6 Å². The number of rotatable bonds is 6. The van der Waals surface area contributed by atoms with Crippen LogP contribution in [0.2, 0.25) is 5.02 Å². The topological polar surface area (TPSA) is 70.0 Å². The lowest BCUT2D eigenvalue weighted by molar-refractivity contribution is 0.0955. The maximum Gasteiger partial charge on any atom is 0.271 e. The molecule has 172 valence electrons. The van der Waals surface area contributed by atoms with Gasteiger partial charge in [-0.2, -0.15) is 10.2 Å². The van der Waals surface area contributed by atoms with Gasteiger partial charge in [-0.3, -0.25) is 14.8 Å². The summed E-state index contributed by atoms with van der Waals surface area (Å²) in [7, 11) is 0. The number of halogens is 1. The summed E-state index contributed by atoms with van der Waals surface area (Å²) in [5, 5.41) is 11.8. The van der Waals surface area contributed by atoms with Gasteiger partial charge in [0.2, 0.25) is 0 Å². The van der Waals surface area contributed by atoms with Gasteiger partial charge >= 0.3 is 0 Å². The van der Waals surface area contributed by atoms with Crippen molar-refractivity contribution in [1.82, 2.24) is 10.4 Å². The Balaban J connectivity index is 1.35. The van der Waals surface area contributed by atoms with Crippen LogP contribution in [-0.2, 0) is 0 Å². The van der Waals surface area contributed by atoms with E-state index < -0.39 is 0 Å². The Morgan fingerprint density at radius 1 is 0.943 bits per heavy atom. The number of nitrogens with zero attached hydrogens (tertiary/aromatic N) is 4. The van der Waals surface area contributed by atoms with E-state index in [0.717, 1.165) is 34.5 Å². The van der Waals surface area contributed by atoms with Crippen molar-refractivity contribution in [2.45, 2.75) is 12.5 Å². The first-order chi connectivity index (χ1) is 17.2. The van der Waals surface area contributed by atoms with Crippen LogP contribution in [0.4, 0.5) is 5.69 Å². The predicted octanol–water partition coefficient (Wildman–Crippen LogP) is 5.85. The van der Waals surface area contributed by atoms with Gasteiger partial charge in [-0.1, -0.05) is 66.2 Å². The van der Waals surface area contributed by atoms with Crippen LogP contribution >= 0.6 is 11.6 Å². The molecule has 0 aliphatic carbocycles. The second-order valence-electron chi connectivity index (χ2n) is 8.06. The number of hydrazone groups is 2. The molecule has 6 nitrogen and oxygen atoms in total. The molecular formula is C28H22ClN5O. The van der Waals surface area contributed by atoms with Gasteiger partial charge in [0.15, 0.2) is 0 Å². The Morgan fingerprint density at radius 2 is 1.66 bits per heavy atom. The number of carbonyl (C=O) groups excluding carboxylic acids is 1. The third kappa shape index (κ3) is 5.28. The van der Waals surface area contributed by atoms with Crippen LogP contribution in [0.25, 0.3) is 0 Å². The fourth-order valence-electron chi connectivity index (χ4n) is 3.94. The number of nitrogens with one attached hydrogen (secondary N) is 1. The summed E-state index contributed by atoms with van der Waals surface area (Å²) in [6, 6.07) is 29.4. The highest BCUT2D eigenvalue weighted by Gasteiger charge is 2.29. The van der Waals surface area contributed by atoms with Crippen molar-refractivity contribution in [3.63, 3.8) is 0 Å². The average molecular weight is 480 g/mol. The normalized spacial score (nSPS) is 15.3. The number of amides is 1. The minimum atomic E-state index is -0.286. The zero-order chi connectivity index (χ0) is 24.0. The number of benzene rings is 3. The molecule has 7 heteroatoms.